The van der Waals surface area contributed by atoms with E-state index in [2.05, 4.69) is 33.8 Å². The minimum Gasteiger partial charge on any atom is -0.356 e. The van der Waals surface area contributed by atoms with Crippen LogP contribution in [0.2, 0.25) is 0 Å². The van der Waals surface area contributed by atoms with E-state index in [9.17, 15) is 4.39 Å². The SMILES string of the molecule is C#CCCCc1[nH]c2c(F)cc(Br)cc2c1C[CH2]. The van der Waals surface area contributed by atoms with Gasteiger partial charge in [-0.2, -0.15) is 0 Å². The Morgan fingerprint density at radius 2 is 2.22 bits per heavy atom. The lowest BCUT2D eigenvalue weighted by Gasteiger charge is -2.00. The maximum atomic E-state index is 13.9. The number of benzene rings is 1. The first-order valence-corrected chi connectivity index (χ1v) is 6.67. The van der Waals surface area contributed by atoms with Gasteiger partial charge >= 0.3 is 0 Å². The second-order valence-electron chi connectivity index (χ2n) is 4.20. The van der Waals surface area contributed by atoms with Crippen LogP contribution < -0.4 is 0 Å². The van der Waals surface area contributed by atoms with Crippen molar-refractivity contribution in [2.75, 3.05) is 0 Å². The summed E-state index contributed by atoms with van der Waals surface area (Å²) in [7, 11) is 0. The van der Waals surface area contributed by atoms with E-state index in [1.807, 2.05) is 6.07 Å². The van der Waals surface area contributed by atoms with Gasteiger partial charge in [-0.3, -0.25) is 0 Å². The highest BCUT2D eigenvalue weighted by atomic mass is 79.9. The average Bonchev–Trinajstić information content (AvgIpc) is 2.67. The molecular weight excluding hydrogens is 293 g/mol. The maximum Gasteiger partial charge on any atom is 0.148 e. The maximum absolute atomic E-state index is 13.9. The van der Waals surface area contributed by atoms with Gasteiger partial charge in [0.05, 0.1) is 5.52 Å². The Labute approximate surface area is 115 Å². The molecule has 0 bridgehead atoms. The van der Waals surface area contributed by atoms with E-state index < -0.39 is 0 Å². The van der Waals surface area contributed by atoms with Crippen molar-refractivity contribution >= 4 is 26.8 Å². The molecule has 93 valence electrons. The topological polar surface area (TPSA) is 15.8 Å². The van der Waals surface area contributed by atoms with Gasteiger partial charge in [0, 0.05) is 22.0 Å². The van der Waals surface area contributed by atoms with Crippen LogP contribution in [-0.4, -0.2) is 4.98 Å². The molecule has 18 heavy (non-hydrogen) atoms. The zero-order chi connectivity index (χ0) is 13.1. The molecule has 1 aromatic heterocycles. The van der Waals surface area contributed by atoms with Crippen molar-refractivity contribution in [1.82, 2.24) is 4.98 Å². The molecule has 0 saturated carbocycles. The molecule has 0 unspecified atom stereocenters. The Morgan fingerprint density at radius 3 is 2.89 bits per heavy atom. The molecule has 1 N–H and O–H groups in total. The van der Waals surface area contributed by atoms with Crippen LogP contribution in [0.3, 0.4) is 0 Å². The molecular formula is C15H14BrFN. The number of nitrogens with one attached hydrogen (secondary N) is 1. The van der Waals surface area contributed by atoms with Gasteiger partial charge in [-0.1, -0.05) is 15.9 Å². The summed E-state index contributed by atoms with van der Waals surface area (Å²) in [6, 6.07) is 3.40. The third-order valence-corrected chi connectivity index (χ3v) is 3.48. The summed E-state index contributed by atoms with van der Waals surface area (Å²) in [6.07, 6.45) is 8.35. The van der Waals surface area contributed by atoms with Gasteiger partial charge in [0.1, 0.15) is 5.82 Å². The smallest absolute Gasteiger partial charge is 0.148 e. The first-order valence-electron chi connectivity index (χ1n) is 5.88. The van der Waals surface area contributed by atoms with Crippen LogP contribution in [0, 0.1) is 25.1 Å². The number of aromatic amines is 1. The number of terminal acetylenes is 1. The number of aryl methyl sites for hydroxylation is 1. The molecule has 1 nitrogen and oxygen atoms in total. The van der Waals surface area contributed by atoms with Gasteiger partial charge in [-0.15, -0.1) is 12.3 Å². The Hall–Kier alpha value is -1.27. The predicted octanol–water partition coefficient (Wildman–Crippen LogP) is 4.40. The third-order valence-electron chi connectivity index (χ3n) is 3.02. The summed E-state index contributed by atoms with van der Waals surface area (Å²) >= 11 is 3.32. The molecule has 3 heteroatoms. The van der Waals surface area contributed by atoms with Crippen LogP contribution >= 0.6 is 15.9 Å². The highest BCUT2D eigenvalue weighted by Gasteiger charge is 2.13. The van der Waals surface area contributed by atoms with Crippen LogP contribution in [-0.2, 0) is 12.8 Å². The molecule has 1 radical (unpaired) electrons. The number of H-pyrrole nitrogens is 1. The van der Waals surface area contributed by atoms with Crippen molar-refractivity contribution in [3.63, 3.8) is 0 Å². The fourth-order valence-corrected chi connectivity index (χ4v) is 2.62. The second kappa shape index (κ2) is 5.58. The Kier molecular flexibility index (Phi) is 4.08. The highest BCUT2D eigenvalue weighted by Crippen LogP contribution is 2.29. The van der Waals surface area contributed by atoms with E-state index in [-0.39, 0.29) is 5.82 Å². The van der Waals surface area contributed by atoms with E-state index in [0.29, 0.717) is 11.9 Å². The largest absolute Gasteiger partial charge is 0.356 e. The number of fused-ring (bicyclic) bond motifs is 1. The number of halogens is 2. The van der Waals surface area contributed by atoms with Crippen LogP contribution in [0.4, 0.5) is 4.39 Å². The van der Waals surface area contributed by atoms with Crippen LogP contribution in [0.5, 0.6) is 0 Å². The van der Waals surface area contributed by atoms with Gasteiger partial charge in [-0.25, -0.2) is 4.39 Å². The summed E-state index contributed by atoms with van der Waals surface area (Å²) in [4.78, 5) is 3.17. The van der Waals surface area contributed by atoms with Crippen molar-refractivity contribution in [2.24, 2.45) is 0 Å². The molecule has 1 heterocycles. The molecule has 0 atom stereocenters. The molecule has 0 aliphatic heterocycles. The fourth-order valence-electron chi connectivity index (χ4n) is 2.19. The van der Waals surface area contributed by atoms with Gasteiger partial charge < -0.3 is 4.98 Å². The Bertz CT molecular complexity index is 607. The average molecular weight is 307 g/mol. The lowest BCUT2D eigenvalue weighted by molar-refractivity contribution is 0.636. The van der Waals surface area contributed by atoms with E-state index in [0.717, 1.165) is 40.4 Å². The van der Waals surface area contributed by atoms with Crippen molar-refractivity contribution in [1.29, 1.82) is 0 Å². The molecule has 0 aliphatic carbocycles. The van der Waals surface area contributed by atoms with Crippen molar-refractivity contribution < 1.29 is 4.39 Å². The second-order valence-corrected chi connectivity index (χ2v) is 5.12. The molecule has 0 spiro atoms. The molecule has 0 fully saturated rings. The number of hydrogen-bond acceptors (Lipinski definition) is 0. The first-order chi connectivity index (χ1) is 8.67. The molecule has 0 amide bonds. The third kappa shape index (κ3) is 2.44. The highest BCUT2D eigenvalue weighted by molar-refractivity contribution is 9.10. The van der Waals surface area contributed by atoms with Gasteiger partial charge in [-0.05, 0) is 43.9 Å². The molecule has 2 aromatic rings. The van der Waals surface area contributed by atoms with E-state index in [4.69, 9.17) is 6.42 Å². The standard InChI is InChI=1S/C15H14BrFN/c1-3-5-6-7-14-11(4-2)12-8-10(16)9-13(17)15(12)18-14/h1,8-9,18H,2,4-7H2. The number of hydrogen-bond donors (Lipinski definition) is 1. The van der Waals surface area contributed by atoms with E-state index >= 15 is 0 Å². The van der Waals surface area contributed by atoms with Crippen molar-refractivity contribution in [2.45, 2.75) is 25.7 Å². The van der Waals surface area contributed by atoms with E-state index in [1.165, 1.54) is 6.07 Å². The Balaban J connectivity index is 2.48. The number of aromatic nitrogens is 1. The van der Waals surface area contributed by atoms with Crippen LogP contribution in [0.1, 0.15) is 24.1 Å². The predicted molar refractivity (Wildman–Crippen MR) is 76.8 cm³/mol. The van der Waals surface area contributed by atoms with E-state index in [1.54, 1.807) is 0 Å². The molecule has 2 rings (SSSR count). The summed E-state index contributed by atoms with van der Waals surface area (Å²) in [5.74, 6) is 2.38. The minimum absolute atomic E-state index is 0.239. The quantitative estimate of drug-likeness (QED) is 0.636. The summed E-state index contributed by atoms with van der Waals surface area (Å²) in [6.45, 7) is 3.93. The molecule has 0 saturated heterocycles. The van der Waals surface area contributed by atoms with Crippen LogP contribution in [0.15, 0.2) is 16.6 Å². The summed E-state index contributed by atoms with van der Waals surface area (Å²) in [5.41, 5.74) is 2.70. The van der Waals surface area contributed by atoms with Crippen molar-refractivity contribution in [3.05, 3.63) is 40.6 Å². The zero-order valence-corrected chi connectivity index (χ0v) is 11.6. The lowest BCUT2D eigenvalue weighted by Crippen LogP contribution is -1.90. The molecule has 0 aliphatic rings. The Morgan fingerprint density at radius 1 is 1.44 bits per heavy atom. The monoisotopic (exact) mass is 306 g/mol. The van der Waals surface area contributed by atoms with Gasteiger partial charge in [0.15, 0.2) is 0 Å². The summed E-state index contributed by atoms with van der Waals surface area (Å²) < 4.78 is 14.6. The normalized spacial score (nSPS) is 10.8. The number of unbranched alkanes of at least 4 members (excludes halogenated alkanes) is 1. The summed E-state index contributed by atoms with van der Waals surface area (Å²) in [5, 5.41) is 0.910. The lowest BCUT2D eigenvalue weighted by atomic mass is 10.0. The number of rotatable bonds is 4. The van der Waals surface area contributed by atoms with Gasteiger partial charge in [0.2, 0.25) is 0 Å². The van der Waals surface area contributed by atoms with Crippen molar-refractivity contribution in [3.8, 4) is 12.3 Å². The van der Waals surface area contributed by atoms with Gasteiger partial charge in [0.25, 0.3) is 0 Å². The zero-order valence-electron chi connectivity index (χ0n) is 10.0. The fraction of sp³-hybridized carbons (Fsp3) is 0.267. The molecule has 1 aromatic carbocycles. The first kappa shape index (κ1) is 13.2. The van der Waals surface area contributed by atoms with Crippen LogP contribution in [0.25, 0.3) is 10.9 Å². The minimum atomic E-state index is -0.239.